The van der Waals surface area contributed by atoms with Gasteiger partial charge in [-0.25, -0.2) is 4.98 Å². The summed E-state index contributed by atoms with van der Waals surface area (Å²) in [5.74, 6) is 2.26. The van der Waals surface area contributed by atoms with Crippen molar-refractivity contribution < 1.29 is 9.47 Å². The highest BCUT2D eigenvalue weighted by Gasteiger charge is 2.15. The van der Waals surface area contributed by atoms with Gasteiger partial charge in [-0.2, -0.15) is 0 Å². The molecule has 1 aromatic heterocycles. The van der Waals surface area contributed by atoms with Crippen LogP contribution in [0, 0.1) is 0 Å². The van der Waals surface area contributed by atoms with E-state index in [2.05, 4.69) is 10.6 Å². The van der Waals surface area contributed by atoms with E-state index in [1.807, 2.05) is 60.7 Å². The lowest BCUT2D eigenvalue weighted by Gasteiger charge is -2.12. The van der Waals surface area contributed by atoms with Crippen LogP contribution >= 0.6 is 11.6 Å². The predicted molar refractivity (Wildman–Crippen MR) is 109 cm³/mol. The number of hydrogen-bond acceptors (Lipinski definition) is 3. The molecule has 4 aromatic rings. The largest absolute Gasteiger partial charge is 0.493 e. The second-order valence-corrected chi connectivity index (χ2v) is 6.64. The van der Waals surface area contributed by atoms with Gasteiger partial charge < -0.3 is 14.0 Å². The van der Waals surface area contributed by atoms with Crippen LogP contribution in [0.25, 0.3) is 22.4 Å². The molecule has 0 aliphatic carbocycles. The Morgan fingerprint density at radius 1 is 0.889 bits per heavy atom. The van der Waals surface area contributed by atoms with Gasteiger partial charge in [-0.05, 0) is 48.0 Å². The average molecular weight is 379 g/mol. The van der Waals surface area contributed by atoms with Gasteiger partial charge in [0.1, 0.15) is 5.82 Å². The molecule has 0 saturated heterocycles. The highest BCUT2D eigenvalue weighted by molar-refractivity contribution is 6.30. The molecule has 4 rings (SSSR count). The average Bonchev–Trinajstić information content (AvgIpc) is 3.07. The van der Waals surface area contributed by atoms with Crippen LogP contribution < -0.4 is 9.47 Å². The predicted octanol–water partition coefficient (Wildman–Crippen LogP) is 5.42. The molecule has 1 heterocycles. The van der Waals surface area contributed by atoms with Gasteiger partial charge in [-0.1, -0.05) is 35.9 Å². The summed E-state index contributed by atoms with van der Waals surface area (Å²) in [7, 11) is 3.27. The van der Waals surface area contributed by atoms with E-state index in [-0.39, 0.29) is 0 Å². The van der Waals surface area contributed by atoms with E-state index in [1.54, 1.807) is 14.2 Å². The van der Waals surface area contributed by atoms with Gasteiger partial charge in [0, 0.05) is 17.1 Å². The lowest BCUT2D eigenvalue weighted by Crippen LogP contribution is -2.02. The van der Waals surface area contributed by atoms with Gasteiger partial charge in [0.05, 0.1) is 25.3 Å². The molecule has 0 bridgehead atoms. The summed E-state index contributed by atoms with van der Waals surface area (Å²) in [6.45, 7) is 0.696. The minimum absolute atomic E-state index is 0.681. The van der Waals surface area contributed by atoms with Crippen LogP contribution in [0.1, 0.15) is 5.56 Å². The summed E-state index contributed by atoms with van der Waals surface area (Å²) in [6.07, 6.45) is 0. The molecule has 0 aliphatic heterocycles. The molecule has 4 nitrogen and oxygen atoms in total. The first kappa shape index (κ1) is 17.4. The third-order valence-electron chi connectivity index (χ3n) is 4.55. The first-order chi connectivity index (χ1) is 13.2. The molecule has 0 aliphatic rings. The van der Waals surface area contributed by atoms with E-state index in [0.29, 0.717) is 18.0 Å². The highest BCUT2D eigenvalue weighted by Crippen LogP contribution is 2.33. The fourth-order valence-corrected chi connectivity index (χ4v) is 3.33. The lowest BCUT2D eigenvalue weighted by molar-refractivity contribution is 0.355. The maximum Gasteiger partial charge on any atom is 0.161 e. The number of methoxy groups -OCH3 is 2. The molecule has 0 N–H and O–H groups in total. The number of halogens is 1. The van der Waals surface area contributed by atoms with E-state index in [1.165, 1.54) is 0 Å². The first-order valence-corrected chi connectivity index (χ1v) is 8.99. The zero-order chi connectivity index (χ0) is 18.8. The number of fused-ring (bicyclic) bond motifs is 1. The Kier molecular flexibility index (Phi) is 4.73. The van der Waals surface area contributed by atoms with Crippen LogP contribution in [0.3, 0.4) is 0 Å². The number of ether oxygens (including phenoxy) is 2. The smallest absolute Gasteiger partial charge is 0.161 e. The van der Waals surface area contributed by atoms with Crippen LogP contribution in [0.2, 0.25) is 5.02 Å². The lowest BCUT2D eigenvalue weighted by atomic mass is 10.1. The number of para-hydroxylation sites is 2. The Hall–Kier alpha value is -2.98. The third kappa shape index (κ3) is 3.36. The normalized spacial score (nSPS) is 10.9. The molecule has 5 heteroatoms. The second kappa shape index (κ2) is 7.33. The van der Waals surface area contributed by atoms with Crippen molar-refractivity contribution >= 4 is 22.6 Å². The molecular weight excluding hydrogens is 360 g/mol. The van der Waals surface area contributed by atoms with Gasteiger partial charge >= 0.3 is 0 Å². The Labute approximate surface area is 162 Å². The number of benzene rings is 3. The molecule has 0 amide bonds. The Balaban J connectivity index is 1.86. The van der Waals surface area contributed by atoms with E-state index in [4.69, 9.17) is 26.1 Å². The molecule has 0 fully saturated rings. The van der Waals surface area contributed by atoms with Crippen LogP contribution in [-0.4, -0.2) is 23.8 Å². The maximum atomic E-state index is 6.03. The summed E-state index contributed by atoms with van der Waals surface area (Å²) in [6, 6.07) is 21.9. The number of nitrogens with zero attached hydrogens (tertiary/aromatic N) is 2. The van der Waals surface area contributed by atoms with Crippen molar-refractivity contribution in [3.8, 4) is 22.9 Å². The third-order valence-corrected chi connectivity index (χ3v) is 4.80. The van der Waals surface area contributed by atoms with Crippen LogP contribution in [0.5, 0.6) is 11.5 Å². The van der Waals surface area contributed by atoms with Crippen molar-refractivity contribution in [3.05, 3.63) is 77.3 Å². The SMILES string of the molecule is COc1ccc(-c2nc3ccccc3n2Cc2ccc(Cl)cc2)cc1OC. The standard InChI is InChI=1S/C22H19ClN2O2/c1-26-20-12-9-16(13-21(20)27-2)22-24-18-5-3-4-6-19(18)25(22)14-15-7-10-17(23)11-8-15/h3-13H,14H2,1-2H3. The zero-order valence-corrected chi connectivity index (χ0v) is 15.9. The van der Waals surface area contributed by atoms with Gasteiger partial charge in [-0.3, -0.25) is 0 Å². The number of rotatable bonds is 5. The molecule has 0 atom stereocenters. The summed E-state index contributed by atoms with van der Waals surface area (Å²) in [5.41, 5.74) is 4.16. The second-order valence-electron chi connectivity index (χ2n) is 6.21. The van der Waals surface area contributed by atoms with E-state index in [0.717, 1.165) is 33.0 Å². The summed E-state index contributed by atoms with van der Waals surface area (Å²) >= 11 is 6.03. The molecule has 27 heavy (non-hydrogen) atoms. The highest BCUT2D eigenvalue weighted by atomic mass is 35.5. The summed E-state index contributed by atoms with van der Waals surface area (Å²) in [4.78, 5) is 4.87. The van der Waals surface area contributed by atoms with E-state index < -0.39 is 0 Å². The van der Waals surface area contributed by atoms with E-state index >= 15 is 0 Å². The monoisotopic (exact) mass is 378 g/mol. The van der Waals surface area contributed by atoms with Crippen molar-refractivity contribution in [1.29, 1.82) is 0 Å². The summed E-state index contributed by atoms with van der Waals surface area (Å²) < 4.78 is 13.0. The fourth-order valence-electron chi connectivity index (χ4n) is 3.20. The fraction of sp³-hybridized carbons (Fsp3) is 0.136. The quantitative estimate of drug-likeness (QED) is 0.465. The molecule has 3 aromatic carbocycles. The van der Waals surface area contributed by atoms with Crippen molar-refractivity contribution in [2.75, 3.05) is 14.2 Å². The number of hydrogen-bond donors (Lipinski definition) is 0. The van der Waals surface area contributed by atoms with E-state index in [9.17, 15) is 0 Å². The maximum absolute atomic E-state index is 6.03. The topological polar surface area (TPSA) is 36.3 Å². The zero-order valence-electron chi connectivity index (χ0n) is 15.1. The number of imidazole rings is 1. The molecule has 0 radical (unpaired) electrons. The summed E-state index contributed by atoms with van der Waals surface area (Å²) in [5, 5.41) is 0.731. The van der Waals surface area contributed by atoms with Gasteiger partial charge in [0.25, 0.3) is 0 Å². The van der Waals surface area contributed by atoms with Crippen molar-refractivity contribution in [2.24, 2.45) is 0 Å². The van der Waals surface area contributed by atoms with Crippen molar-refractivity contribution in [1.82, 2.24) is 9.55 Å². The molecule has 0 unspecified atom stereocenters. The van der Waals surface area contributed by atoms with Crippen LogP contribution in [0.15, 0.2) is 66.7 Å². The van der Waals surface area contributed by atoms with Crippen LogP contribution in [0.4, 0.5) is 0 Å². The van der Waals surface area contributed by atoms with Crippen molar-refractivity contribution in [3.63, 3.8) is 0 Å². The van der Waals surface area contributed by atoms with Crippen molar-refractivity contribution in [2.45, 2.75) is 6.54 Å². The number of aromatic nitrogens is 2. The van der Waals surface area contributed by atoms with Gasteiger partial charge in [-0.15, -0.1) is 0 Å². The minimum Gasteiger partial charge on any atom is -0.493 e. The molecule has 0 spiro atoms. The Morgan fingerprint density at radius 2 is 1.63 bits per heavy atom. The first-order valence-electron chi connectivity index (χ1n) is 8.61. The Morgan fingerprint density at radius 3 is 2.37 bits per heavy atom. The minimum atomic E-state index is 0.681. The molecule has 0 saturated carbocycles. The van der Waals surface area contributed by atoms with Gasteiger partial charge in [0.2, 0.25) is 0 Å². The molecule has 136 valence electrons. The molecular formula is C22H19ClN2O2. The Bertz CT molecular complexity index is 1090. The van der Waals surface area contributed by atoms with Gasteiger partial charge in [0.15, 0.2) is 11.5 Å². The van der Waals surface area contributed by atoms with Crippen LogP contribution in [-0.2, 0) is 6.54 Å².